The molecule has 71 heavy (non-hydrogen) atoms. The number of carbonyl (C=O) groups excluding carboxylic acids is 2. The summed E-state index contributed by atoms with van der Waals surface area (Å²) in [7, 11) is -2.72. The van der Waals surface area contributed by atoms with Crippen molar-refractivity contribution in [3.63, 3.8) is 0 Å². The van der Waals surface area contributed by atoms with Crippen LogP contribution in [0.15, 0.2) is 85.2 Å². The lowest BCUT2D eigenvalue weighted by atomic mass is 9.92. The molecule has 2 saturated carbocycles. The molecule has 20 heteroatoms. The number of aryl methyl sites for hydroxylation is 2. The van der Waals surface area contributed by atoms with E-state index >= 15 is 0 Å². The molecule has 1 aliphatic heterocycles. The maximum atomic E-state index is 13.3. The normalized spacial score (nSPS) is 17.0. The Balaban J connectivity index is 0.000000191. The summed E-state index contributed by atoms with van der Waals surface area (Å²) in [6.45, 7) is 15.7. The molecule has 4 aromatic carbocycles. The molecule has 4 N–H and O–H groups in total. The van der Waals surface area contributed by atoms with Gasteiger partial charge in [0.05, 0.1) is 74.5 Å². The first kappa shape index (κ1) is 53.4. The van der Waals surface area contributed by atoms with E-state index < -0.39 is 54.4 Å². The number of benzene rings is 4. The van der Waals surface area contributed by atoms with Crippen LogP contribution in [0, 0.1) is 13.8 Å². The number of carbonyl (C=O) groups is 2. The van der Waals surface area contributed by atoms with Crippen LogP contribution in [0.3, 0.4) is 0 Å². The molecular formula is C51H54Cl4N6O6S4. The molecule has 3 aliphatic rings. The third-order valence-corrected chi connectivity index (χ3v) is 19.1. The van der Waals surface area contributed by atoms with E-state index in [4.69, 9.17) is 55.9 Å². The molecule has 0 saturated heterocycles. The molecule has 0 radical (unpaired) electrons. The zero-order valence-electron chi connectivity index (χ0n) is 40.3. The topological polar surface area (TPSA) is 161 Å². The van der Waals surface area contributed by atoms with Gasteiger partial charge in [0.1, 0.15) is 0 Å². The van der Waals surface area contributed by atoms with Crippen LogP contribution in [0.25, 0.3) is 0 Å². The van der Waals surface area contributed by atoms with Crippen LogP contribution in [0.2, 0.25) is 20.1 Å². The molecule has 376 valence electrons. The Bertz CT molecular complexity index is 3050. The summed E-state index contributed by atoms with van der Waals surface area (Å²) in [5.74, 6) is 1.19. The molecule has 0 bridgehead atoms. The number of nitrogens with zero attached hydrogens (tertiary/aromatic N) is 2. The summed E-state index contributed by atoms with van der Waals surface area (Å²) in [6, 6.07) is 21.6. The molecule has 2 aromatic heterocycles. The van der Waals surface area contributed by atoms with Crippen LogP contribution in [0.4, 0.5) is 10.3 Å². The molecule has 0 spiro atoms. The lowest BCUT2D eigenvalue weighted by molar-refractivity contribution is -0.119. The van der Waals surface area contributed by atoms with Gasteiger partial charge in [0.15, 0.2) is 21.8 Å². The van der Waals surface area contributed by atoms with Crippen molar-refractivity contribution >= 4 is 113 Å². The summed E-state index contributed by atoms with van der Waals surface area (Å²) < 4.78 is 42.3. The van der Waals surface area contributed by atoms with E-state index in [-0.39, 0.29) is 18.6 Å². The number of aromatic nitrogens is 2. The second kappa shape index (κ2) is 21.1. The van der Waals surface area contributed by atoms with Crippen LogP contribution < -0.4 is 29.6 Å². The van der Waals surface area contributed by atoms with Gasteiger partial charge in [-0.05, 0) is 151 Å². The van der Waals surface area contributed by atoms with E-state index in [1.165, 1.54) is 33.8 Å². The predicted molar refractivity (Wildman–Crippen MR) is 290 cm³/mol. The quantitative estimate of drug-likeness (QED) is 0.0838. The van der Waals surface area contributed by atoms with Gasteiger partial charge in [-0.1, -0.05) is 105 Å². The van der Waals surface area contributed by atoms with Gasteiger partial charge in [0.25, 0.3) is 0 Å². The summed E-state index contributed by atoms with van der Waals surface area (Å²) in [4.78, 5) is 37.1. The SMILES string of the molecule is CC(C)(C)[S@@](=O)N[C@H](c1ccc(Cl)c(Cl)c1)c1cnc(NC(=O)C2(c3ccc4c(c3)OCO4)CC2)s1.Cc1ccc(C2(C(=O)Nc3ncc([C@@H](N[S@](=O)C(C)(C)C)c4ccc(Cl)c(Cl)c4)s3)CC2)cc1C. The van der Waals surface area contributed by atoms with Crippen molar-refractivity contribution in [3.05, 3.63) is 148 Å². The average molecular weight is 1120 g/mol. The summed E-state index contributed by atoms with van der Waals surface area (Å²) in [5, 5.41) is 8.69. The van der Waals surface area contributed by atoms with Gasteiger partial charge >= 0.3 is 0 Å². The van der Waals surface area contributed by atoms with Crippen molar-refractivity contribution in [1.29, 1.82) is 0 Å². The third kappa shape index (κ3) is 12.0. The van der Waals surface area contributed by atoms with Crippen molar-refractivity contribution in [2.24, 2.45) is 0 Å². The van der Waals surface area contributed by atoms with Crippen LogP contribution >= 0.6 is 69.1 Å². The van der Waals surface area contributed by atoms with E-state index in [0.717, 1.165) is 57.7 Å². The van der Waals surface area contributed by atoms with E-state index in [9.17, 15) is 18.0 Å². The van der Waals surface area contributed by atoms with Crippen molar-refractivity contribution in [2.75, 3.05) is 17.4 Å². The monoisotopic (exact) mass is 1110 g/mol. The zero-order chi connectivity index (χ0) is 51.2. The molecule has 9 rings (SSSR count). The van der Waals surface area contributed by atoms with Gasteiger partial charge in [0, 0.05) is 22.1 Å². The number of thiazole rings is 2. The fourth-order valence-corrected chi connectivity index (χ4v) is 11.9. The Labute approximate surface area is 447 Å². The van der Waals surface area contributed by atoms with Crippen LogP contribution in [0.5, 0.6) is 11.5 Å². The molecule has 2 amide bonds. The van der Waals surface area contributed by atoms with E-state index in [1.807, 2.05) is 77.9 Å². The molecule has 6 aromatic rings. The highest BCUT2D eigenvalue weighted by molar-refractivity contribution is 7.84. The standard InChI is InChI=1S/C26H29Cl2N3O2S2.C25H25Cl2N3O4S2/c1-15-6-8-18(12-16(15)2)26(10-11-26)23(32)30-24-29-14-21(34-24)22(31-35(33)25(3,4)5)17-7-9-19(27)20(28)13-17;1-24(2,3)36(32)30-21(14-4-6-16(26)17(27)10-14)20-12-28-23(35-20)29-22(31)25(8-9-25)15-5-7-18-19(11-15)34-13-33-18/h6-9,12-14,22,31H,10-11H2,1-5H3,(H,29,30,32);4-7,10-12,21,30H,8-9,13H2,1-3H3,(H,28,29,31)/t22-,35+;21-,36-/m01/s1. The first-order valence-corrected chi connectivity index (χ1v) is 28.2. The van der Waals surface area contributed by atoms with Gasteiger partial charge in [0.2, 0.25) is 18.6 Å². The van der Waals surface area contributed by atoms with E-state index in [2.05, 4.69) is 56.0 Å². The van der Waals surface area contributed by atoms with Crippen molar-refractivity contribution in [1.82, 2.24) is 19.4 Å². The Hall–Kier alpha value is -3.94. The molecule has 4 atom stereocenters. The fourth-order valence-electron chi connectivity index (χ4n) is 7.70. The summed E-state index contributed by atoms with van der Waals surface area (Å²) in [5.41, 5.74) is 4.84. The number of rotatable bonds is 14. The average Bonchev–Trinajstić information content (AvgIpc) is 4.14. The minimum absolute atomic E-state index is 0.0426. The van der Waals surface area contributed by atoms with Gasteiger partial charge in [-0.2, -0.15) is 0 Å². The zero-order valence-corrected chi connectivity index (χ0v) is 46.6. The molecule has 2 aliphatic carbocycles. The second-order valence-corrected chi connectivity index (χ2v) is 27.5. The molecule has 0 unspecified atom stereocenters. The smallest absolute Gasteiger partial charge is 0.236 e. The second-order valence-electron chi connectivity index (χ2n) is 19.8. The number of ether oxygens (including phenoxy) is 2. The van der Waals surface area contributed by atoms with E-state index in [0.29, 0.717) is 41.9 Å². The van der Waals surface area contributed by atoms with Crippen molar-refractivity contribution in [2.45, 2.75) is 113 Å². The molecular weight excluding hydrogens is 1060 g/mol. The minimum atomic E-state index is -1.37. The van der Waals surface area contributed by atoms with Gasteiger partial charge in [-0.25, -0.2) is 27.8 Å². The number of hydrogen-bond acceptors (Lipinski definition) is 10. The number of halogens is 4. The van der Waals surface area contributed by atoms with Crippen LogP contribution in [0.1, 0.15) is 122 Å². The van der Waals surface area contributed by atoms with E-state index in [1.54, 1.807) is 36.7 Å². The highest BCUT2D eigenvalue weighted by Gasteiger charge is 2.53. The number of amides is 2. The predicted octanol–water partition coefficient (Wildman–Crippen LogP) is 12.9. The van der Waals surface area contributed by atoms with Crippen molar-refractivity contribution in [3.8, 4) is 11.5 Å². The number of nitrogens with one attached hydrogen (secondary N) is 4. The Morgan fingerprint density at radius 3 is 1.45 bits per heavy atom. The van der Waals surface area contributed by atoms with Crippen LogP contribution in [-0.4, -0.2) is 46.5 Å². The fraction of sp³-hybridized carbons (Fsp3) is 0.373. The number of anilines is 2. The minimum Gasteiger partial charge on any atom is -0.454 e. The first-order chi connectivity index (χ1) is 33.5. The third-order valence-electron chi connectivity index (χ3n) is 12.5. The Morgan fingerprint density at radius 2 is 1.03 bits per heavy atom. The van der Waals surface area contributed by atoms with Gasteiger partial charge in [-0.3, -0.25) is 9.59 Å². The number of hydrogen-bond donors (Lipinski definition) is 4. The van der Waals surface area contributed by atoms with Crippen molar-refractivity contribution < 1.29 is 27.5 Å². The lowest BCUT2D eigenvalue weighted by Crippen LogP contribution is -2.36. The lowest BCUT2D eigenvalue weighted by Gasteiger charge is -2.24. The summed E-state index contributed by atoms with van der Waals surface area (Å²) >= 11 is 27.5. The van der Waals surface area contributed by atoms with Gasteiger partial charge in [-0.15, -0.1) is 0 Å². The molecule has 2 fully saturated rings. The molecule has 12 nitrogen and oxygen atoms in total. The van der Waals surface area contributed by atoms with Crippen LogP contribution in [-0.2, 0) is 42.4 Å². The van der Waals surface area contributed by atoms with Gasteiger partial charge < -0.3 is 20.1 Å². The molecule has 3 heterocycles. The largest absolute Gasteiger partial charge is 0.454 e. The summed E-state index contributed by atoms with van der Waals surface area (Å²) in [6.07, 6.45) is 6.51. The maximum Gasteiger partial charge on any atom is 0.236 e. The Kier molecular flexibility index (Phi) is 15.9. The highest BCUT2D eigenvalue weighted by Crippen LogP contribution is 2.52. The highest BCUT2D eigenvalue weighted by atomic mass is 35.5. The Morgan fingerprint density at radius 1 is 0.592 bits per heavy atom. The maximum absolute atomic E-state index is 13.3. The first-order valence-electron chi connectivity index (χ1n) is 22.8. The number of fused-ring (bicyclic) bond motifs is 1.